The highest BCUT2D eigenvalue weighted by Crippen LogP contribution is 2.29. The van der Waals surface area contributed by atoms with Crippen molar-refractivity contribution in [3.05, 3.63) is 65.1 Å². The fourth-order valence-electron chi connectivity index (χ4n) is 2.84. The van der Waals surface area contributed by atoms with E-state index < -0.39 is 30.1 Å². The van der Waals surface area contributed by atoms with E-state index in [9.17, 15) is 22.8 Å². The Kier molecular flexibility index (Phi) is 6.47. The molecule has 32 heavy (non-hydrogen) atoms. The number of carbonyl (C=O) groups excluding carboxylic acids is 2. The van der Waals surface area contributed by atoms with E-state index in [0.717, 1.165) is 12.1 Å². The van der Waals surface area contributed by atoms with Gasteiger partial charge in [0.2, 0.25) is 5.78 Å². The number of Topliss-reactive ketones (excluding diaryl/α,β-unsaturated/α-hetero) is 1. The number of benzene rings is 1. The van der Waals surface area contributed by atoms with Crippen LogP contribution >= 0.6 is 0 Å². The molecule has 0 spiro atoms. The van der Waals surface area contributed by atoms with Crippen LogP contribution in [0.15, 0.2) is 42.7 Å². The van der Waals surface area contributed by atoms with Crippen LogP contribution in [0.5, 0.6) is 11.5 Å². The molecule has 0 N–H and O–H groups in total. The molecule has 0 radical (unpaired) electrons. The van der Waals surface area contributed by atoms with Gasteiger partial charge in [-0.05, 0) is 37.3 Å². The molecule has 0 aliphatic carbocycles. The van der Waals surface area contributed by atoms with Gasteiger partial charge >= 0.3 is 12.1 Å². The molecule has 0 atom stereocenters. The maximum atomic E-state index is 12.7. The normalized spacial score (nSPS) is 11.2. The smallest absolute Gasteiger partial charge is 0.417 e. The van der Waals surface area contributed by atoms with Gasteiger partial charge in [-0.2, -0.15) is 18.3 Å². The number of hydrogen-bond acceptors (Lipinski definition) is 7. The lowest BCUT2D eigenvalue weighted by Gasteiger charge is -2.10. The van der Waals surface area contributed by atoms with E-state index in [2.05, 4.69) is 10.1 Å². The molecule has 0 aliphatic heterocycles. The van der Waals surface area contributed by atoms with Gasteiger partial charge in [0, 0.05) is 6.20 Å². The Balaban J connectivity index is 1.73. The van der Waals surface area contributed by atoms with Crippen LogP contribution in [-0.4, -0.2) is 47.3 Å². The summed E-state index contributed by atoms with van der Waals surface area (Å²) < 4.78 is 54.7. The van der Waals surface area contributed by atoms with Crippen LogP contribution in [0.2, 0.25) is 0 Å². The highest BCUT2D eigenvalue weighted by molar-refractivity contribution is 6.01. The average molecular weight is 449 g/mol. The summed E-state index contributed by atoms with van der Waals surface area (Å²) >= 11 is 0. The maximum Gasteiger partial charge on any atom is 0.417 e. The third-order valence-corrected chi connectivity index (χ3v) is 4.56. The van der Waals surface area contributed by atoms with E-state index in [1.54, 1.807) is 12.1 Å². The van der Waals surface area contributed by atoms with Crippen molar-refractivity contribution in [3.8, 4) is 17.3 Å². The van der Waals surface area contributed by atoms with Gasteiger partial charge in [-0.15, -0.1) is 0 Å². The van der Waals surface area contributed by atoms with Crippen molar-refractivity contribution in [2.45, 2.75) is 13.1 Å². The lowest BCUT2D eigenvalue weighted by atomic mass is 10.1. The van der Waals surface area contributed by atoms with Crippen molar-refractivity contribution in [1.82, 2.24) is 14.8 Å². The van der Waals surface area contributed by atoms with Crippen molar-refractivity contribution in [3.63, 3.8) is 0 Å². The summed E-state index contributed by atoms with van der Waals surface area (Å²) in [6.45, 7) is 0.960. The SMILES string of the molecule is COc1ccc(OC)c(C(=O)COC(=O)c2cnn(-c3ccc(C(F)(F)F)cn3)c2C)c1. The number of hydrogen-bond donors (Lipinski definition) is 0. The van der Waals surface area contributed by atoms with E-state index >= 15 is 0 Å². The van der Waals surface area contributed by atoms with Crippen LogP contribution in [0.1, 0.15) is 32.0 Å². The fourth-order valence-corrected chi connectivity index (χ4v) is 2.84. The number of halogens is 3. The fraction of sp³-hybridized carbons (Fsp3) is 0.238. The second-order valence-electron chi connectivity index (χ2n) is 6.52. The molecule has 0 bridgehead atoms. The van der Waals surface area contributed by atoms with E-state index in [1.807, 2.05) is 0 Å². The summed E-state index contributed by atoms with van der Waals surface area (Å²) in [5, 5.41) is 3.98. The number of alkyl halides is 3. The molecule has 3 rings (SSSR count). The van der Waals surface area contributed by atoms with Gasteiger partial charge in [0.1, 0.15) is 17.1 Å². The molecule has 0 saturated carbocycles. The number of esters is 1. The van der Waals surface area contributed by atoms with Gasteiger partial charge in [-0.1, -0.05) is 0 Å². The molecule has 11 heteroatoms. The molecule has 3 aromatic rings. The zero-order chi connectivity index (χ0) is 23.5. The molecule has 2 aromatic heterocycles. The highest BCUT2D eigenvalue weighted by atomic mass is 19.4. The zero-order valence-electron chi connectivity index (χ0n) is 17.3. The summed E-state index contributed by atoms with van der Waals surface area (Å²) in [6.07, 6.45) is -2.65. The first kappa shape index (κ1) is 22.8. The molecule has 0 fully saturated rings. The topological polar surface area (TPSA) is 92.5 Å². The van der Waals surface area contributed by atoms with Crippen molar-refractivity contribution in [2.24, 2.45) is 0 Å². The average Bonchev–Trinajstić information content (AvgIpc) is 3.17. The standard InChI is InChI=1S/C21H18F3N3O5/c1-12-16(10-26-27(12)19-7-4-13(9-25-19)21(22,23)24)20(29)32-11-17(28)15-8-14(30-2)5-6-18(15)31-3/h4-10H,11H2,1-3H3. The minimum atomic E-state index is -4.52. The second kappa shape index (κ2) is 9.08. The van der Waals surface area contributed by atoms with Crippen LogP contribution in [0, 0.1) is 6.92 Å². The first-order valence-corrected chi connectivity index (χ1v) is 9.16. The summed E-state index contributed by atoms with van der Waals surface area (Å²) in [5.74, 6) is -0.517. The van der Waals surface area contributed by atoms with Gasteiger partial charge in [0.25, 0.3) is 0 Å². The predicted molar refractivity (Wildman–Crippen MR) is 105 cm³/mol. The van der Waals surface area contributed by atoms with Crippen LogP contribution in [-0.2, 0) is 10.9 Å². The minimum absolute atomic E-state index is 0.0390. The Labute approximate surface area is 180 Å². The molecule has 168 valence electrons. The number of nitrogens with zero attached hydrogens (tertiary/aromatic N) is 3. The third kappa shape index (κ3) is 4.71. The Morgan fingerprint density at radius 2 is 1.78 bits per heavy atom. The molecule has 1 aromatic carbocycles. The predicted octanol–water partition coefficient (Wildman–Crippen LogP) is 3.65. The van der Waals surface area contributed by atoms with Crippen LogP contribution in [0.3, 0.4) is 0 Å². The number of carbonyl (C=O) groups is 2. The summed E-state index contributed by atoms with van der Waals surface area (Å²) in [4.78, 5) is 28.7. The van der Waals surface area contributed by atoms with Crippen LogP contribution in [0.25, 0.3) is 5.82 Å². The van der Waals surface area contributed by atoms with Crippen LogP contribution in [0.4, 0.5) is 13.2 Å². The van der Waals surface area contributed by atoms with Gasteiger partial charge in [-0.25, -0.2) is 14.5 Å². The minimum Gasteiger partial charge on any atom is -0.497 e. The quantitative estimate of drug-likeness (QED) is 0.402. The maximum absolute atomic E-state index is 12.7. The summed E-state index contributed by atoms with van der Waals surface area (Å²) in [7, 11) is 2.85. The summed E-state index contributed by atoms with van der Waals surface area (Å²) in [6, 6.07) is 6.64. The second-order valence-corrected chi connectivity index (χ2v) is 6.52. The van der Waals surface area contributed by atoms with E-state index in [4.69, 9.17) is 14.2 Å². The van der Waals surface area contributed by atoms with Crippen LogP contribution < -0.4 is 9.47 Å². The van der Waals surface area contributed by atoms with Gasteiger partial charge in [0.05, 0.1) is 37.2 Å². The lowest BCUT2D eigenvalue weighted by molar-refractivity contribution is -0.137. The number of aromatic nitrogens is 3. The molecular formula is C21H18F3N3O5. The Morgan fingerprint density at radius 1 is 1.03 bits per heavy atom. The number of pyridine rings is 1. The highest BCUT2D eigenvalue weighted by Gasteiger charge is 2.31. The molecular weight excluding hydrogens is 431 g/mol. The number of ketones is 1. The van der Waals surface area contributed by atoms with Gasteiger partial charge in [0.15, 0.2) is 12.4 Å². The molecule has 2 heterocycles. The first-order valence-electron chi connectivity index (χ1n) is 9.16. The van der Waals surface area contributed by atoms with E-state index in [1.165, 1.54) is 38.1 Å². The largest absolute Gasteiger partial charge is 0.497 e. The number of ether oxygens (including phenoxy) is 3. The third-order valence-electron chi connectivity index (χ3n) is 4.56. The van der Waals surface area contributed by atoms with E-state index in [0.29, 0.717) is 17.7 Å². The zero-order valence-corrected chi connectivity index (χ0v) is 17.3. The summed E-state index contributed by atoms with van der Waals surface area (Å²) in [5.41, 5.74) is -0.399. The number of methoxy groups -OCH3 is 2. The lowest BCUT2D eigenvalue weighted by Crippen LogP contribution is -2.16. The Morgan fingerprint density at radius 3 is 2.38 bits per heavy atom. The van der Waals surface area contributed by atoms with Gasteiger partial charge in [-0.3, -0.25) is 4.79 Å². The van der Waals surface area contributed by atoms with Crippen molar-refractivity contribution < 1.29 is 37.0 Å². The molecule has 0 saturated heterocycles. The Bertz CT molecular complexity index is 1140. The molecule has 0 unspecified atom stereocenters. The molecule has 0 aliphatic rings. The van der Waals surface area contributed by atoms with Gasteiger partial charge < -0.3 is 14.2 Å². The monoisotopic (exact) mass is 449 g/mol. The van der Waals surface area contributed by atoms with Crippen molar-refractivity contribution in [1.29, 1.82) is 0 Å². The van der Waals surface area contributed by atoms with Crippen molar-refractivity contribution >= 4 is 11.8 Å². The van der Waals surface area contributed by atoms with Crippen molar-refractivity contribution in [2.75, 3.05) is 20.8 Å². The molecule has 0 amide bonds. The molecule has 8 nitrogen and oxygen atoms in total. The first-order chi connectivity index (χ1) is 15.2. The van der Waals surface area contributed by atoms with E-state index in [-0.39, 0.29) is 22.6 Å². The Hall–Kier alpha value is -3.89. The number of rotatable bonds is 7.